The Hall–Kier alpha value is -2.13. The van der Waals surface area contributed by atoms with Crippen LogP contribution in [-0.2, 0) is 4.79 Å². The lowest BCUT2D eigenvalue weighted by Gasteiger charge is -2.16. The van der Waals surface area contributed by atoms with E-state index in [4.69, 9.17) is 0 Å². The Morgan fingerprint density at radius 1 is 1.09 bits per heavy atom. The number of nitrogens with two attached hydrogens (primary N) is 1. The van der Waals surface area contributed by atoms with Gasteiger partial charge in [-0.3, -0.25) is 4.79 Å². The van der Waals surface area contributed by atoms with Crippen LogP contribution in [0, 0.1) is 6.92 Å². The van der Waals surface area contributed by atoms with Gasteiger partial charge in [0.05, 0.1) is 6.54 Å². The summed E-state index contributed by atoms with van der Waals surface area (Å²) in [5, 5.41) is 5.15. The lowest BCUT2D eigenvalue weighted by atomic mass is 10.1. The van der Waals surface area contributed by atoms with E-state index < -0.39 is 0 Å². The van der Waals surface area contributed by atoms with E-state index in [0.29, 0.717) is 0 Å². The molecule has 0 aliphatic carbocycles. The quantitative estimate of drug-likeness (QED) is 0.758. The SMILES string of the molecule is CCCC[NH2+][C@@H](C(=O)Nc1ccc(C)cc1)c1ccccc1. The summed E-state index contributed by atoms with van der Waals surface area (Å²) in [7, 11) is 0. The van der Waals surface area contributed by atoms with Crippen LogP contribution < -0.4 is 10.6 Å². The number of rotatable bonds is 7. The molecule has 1 amide bonds. The van der Waals surface area contributed by atoms with Gasteiger partial charge in [0.25, 0.3) is 5.91 Å². The predicted octanol–water partition coefficient (Wildman–Crippen LogP) is 3.04. The first-order valence-corrected chi connectivity index (χ1v) is 7.96. The third-order valence-electron chi connectivity index (χ3n) is 3.72. The van der Waals surface area contributed by atoms with E-state index in [1.165, 1.54) is 5.56 Å². The van der Waals surface area contributed by atoms with Crippen LogP contribution in [0.3, 0.4) is 0 Å². The van der Waals surface area contributed by atoms with Crippen LogP contribution in [0.15, 0.2) is 54.6 Å². The summed E-state index contributed by atoms with van der Waals surface area (Å²) in [6.45, 7) is 5.16. The number of nitrogens with one attached hydrogen (secondary N) is 1. The molecule has 0 radical (unpaired) electrons. The molecule has 2 rings (SSSR count). The average molecular weight is 297 g/mol. The second kappa shape index (κ2) is 8.35. The van der Waals surface area contributed by atoms with Gasteiger partial charge in [-0.15, -0.1) is 0 Å². The zero-order chi connectivity index (χ0) is 15.8. The minimum Gasteiger partial charge on any atom is -0.332 e. The largest absolute Gasteiger partial charge is 0.332 e. The Kier molecular flexibility index (Phi) is 6.16. The summed E-state index contributed by atoms with van der Waals surface area (Å²) in [6.07, 6.45) is 2.25. The molecule has 3 N–H and O–H groups in total. The Morgan fingerprint density at radius 2 is 1.77 bits per heavy atom. The van der Waals surface area contributed by atoms with Gasteiger partial charge in [-0.2, -0.15) is 0 Å². The van der Waals surface area contributed by atoms with Gasteiger partial charge in [0.15, 0.2) is 6.04 Å². The van der Waals surface area contributed by atoms with Gasteiger partial charge in [0.2, 0.25) is 0 Å². The topological polar surface area (TPSA) is 45.7 Å². The molecule has 0 aliphatic rings. The van der Waals surface area contributed by atoms with Crippen LogP contribution >= 0.6 is 0 Å². The van der Waals surface area contributed by atoms with Crippen LogP contribution in [-0.4, -0.2) is 12.5 Å². The summed E-state index contributed by atoms with van der Waals surface area (Å²) in [5.74, 6) is 0.0335. The molecule has 0 fully saturated rings. The monoisotopic (exact) mass is 297 g/mol. The van der Waals surface area contributed by atoms with Crippen LogP contribution in [0.4, 0.5) is 5.69 Å². The van der Waals surface area contributed by atoms with Crippen molar-refractivity contribution in [3.8, 4) is 0 Å². The van der Waals surface area contributed by atoms with Crippen molar-refractivity contribution in [2.45, 2.75) is 32.7 Å². The maximum atomic E-state index is 12.6. The van der Waals surface area contributed by atoms with Crippen molar-refractivity contribution in [1.29, 1.82) is 0 Å². The van der Waals surface area contributed by atoms with E-state index in [0.717, 1.165) is 30.6 Å². The fourth-order valence-corrected chi connectivity index (χ4v) is 2.40. The standard InChI is InChI=1S/C19H24N2O/c1-3-4-14-20-18(16-8-6-5-7-9-16)19(22)21-17-12-10-15(2)11-13-17/h5-13,18,20H,3-4,14H2,1-2H3,(H,21,22)/p+1/t18-/m1/s1. The van der Waals surface area contributed by atoms with Crippen molar-refractivity contribution in [1.82, 2.24) is 0 Å². The Balaban J connectivity index is 2.09. The van der Waals surface area contributed by atoms with Crippen molar-refractivity contribution >= 4 is 11.6 Å². The summed E-state index contributed by atoms with van der Waals surface area (Å²) in [4.78, 5) is 12.6. The molecule has 0 spiro atoms. The molecular formula is C19H25N2O+. The molecule has 116 valence electrons. The second-order valence-corrected chi connectivity index (χ2v) is 5.62. The zero-order valence-electron chi connectivity index (χ0n) is 13.4. The Morgan fingerprint density at radius 3 is 2.41 bits per heavy atom. The lowest BCUT2D eigenvalue weighted by Crippen LogP contribution is -2.87. The number of carbonyl (C=O) groups is 1. The number of amides is 1. The molecular weight excluding hydrogens is 272 g/mol. The van der Waals surface area contributed by atoms with Crippen molar-refractivity contribution in [2.75, 3.05) is 11.9 Å². The maximum Gasteiger partial charge on any atom is 0.287 e. The van der Waals surface area contributed by atoms with Gasteiger partial charge in [0, 0.05) is 11.3 Å². The van der Waals surface area contributed by atoms with Crippen LogP contribution in [0.25, 0.3) is 0 Å². The number of aryl methyl sites for hydroxylation is 1. The highest BCUT2D eigenvalue weighted by Gasteiger charge is 2.23. The molecule has 0 saturated heterocycles. The molecule has 0 bridgehead atoms. The summed E-state index contributed by atoms with van der Waals surface area (Å²) in [5.41, 5.74) is 3.08. The molecule has 0 unspecified atom stereocenters. The van der Waals surface area contributed by atoms with Crippen molar-refractivity contribution < 1.29 is 10.1 Å². The molecule has 0 heterocycles. The number of quaternary nitrogens is 1. The van der Waals surface area contributed by atoms with Gasteiger partial charge in [0.1, 0.15) is 0 Å². The average Bonchev–Trinajstić information content (AvgIpc) is 2.54. The molecule has 0 saturated carbocycles. The highest BCUT2D eigenvalue weighted by molar-refractivity contribution is 5.94. The smallest absolute Gasteiger partial charge is 0.287 e. The van der Waals surface area contributed by atoms with E-state index in [2.05, 4.69) is 17.6 Å². The first-order chi connectivity index (χ1) is 10.7. The highest BCUT2D eigenvalue weighted by Crippen LogP contribution is 2.13. The van der Waals surface area contributed by atoms with Crippen molar-refractivity contribution in [2.24, 2.45) is 0 Å². The van der Waals surface area contributed by atoms with E-state index in [1.54, 1.807) is 0 Å². The molecule has 3 nitrogen and oxygen atoms in total. The zero-order valence-corrected chi connectivity index (χ0v) is 13.4. The van der Waals surface area contributed by atoms with E-state index in [1.807, 2.05) is 61.5 Å². The third-order valence-corrected chi connectivity index (χ3v) is 3.72. The number of hydrogen-bond acceptors (Lipinski definition) is 1. The Labute approximate surface area is 132 Å². The second-order valence-electron chi connectivity index (χ2n) is 5.62. The Bertz CT molecular complexity index is 578. The van der Waals surface area contributed by atoms with E-state index in [-0.39, 0.29) is 11.9 Å². The number of benzene rings is 2. The van der Waals surface area contributed by atoms with Gasteiger partial charge in [-0.25, -0.2) is 0 Å². The van der Waals surface area contributed by atoms with Gasteiger partial charge >= 0.3 is 0 Å². The minimum atomic E-state index is -0.200. The number of carbonyl (C=O) groups excluding carboxylic acids is 1. The van der Waals surface area contributed by atoms with Crippen molar-refractivity contribution in [3.63, 3.8) is 0 Å². The van der Waals surface area contributed by atoms with Crippen LogP contribution in [0.1, 0.15) is 36.9 Å². The minimum absolute atomic E-state index is 0.0335. The summed E-state index contributed by atoms with van der Waals surface area (Å²) >= 11 is 0. The van der Waals surface area contributed by atoms with Gasteiger partial charge in [-0.05, 0) is 25.5 Å². The molecule has 0 aliphatic heterocycles. The normalized spacial score (nSPS) is 11.9. The van der Waals surface area contributed by atoms with Crippen LogP contribution in [0.5, 0.6) is 0 Å². The molecule has 1 atom stereocenters. The maximum absolute atomic E-state index is 12.6. The van der Waals surface area contributed by atoms with Gasteiger partial charge < -0.3 is 10.6 Å². The fourth-order valence-electron chi connectivity index (χ4n) is 2.40. The number of anilines is 1. The molecule has 2 aromatic carbocycles. The molecule has 22 heavy (non-hydrogen) atoms. The first kappa shape index (κ1) is 16.2. The van der Waals surface area contributed by atoms with E-state index >= 15 is 0 Å². The predicted molar refractivity (Wildman–Crippen MR) is 90.7 cm³/mol. The summed E-state index contributed by atoms with van der Waals surface area (Å²) < 4.78 is 0. The lowest BCUT2D eigenvalue weighted by molar-refractivity contribution is -0.682. The van der Waals surface area contributed by atoms with E-state index in [9.17, 15) is 4.79 Å². The van der Waals surface area contributed by atoms with Gasteiger partial charge in [-0.1, -0.05) is 61.4 Å². The molecule has 3 heteroatoms. The molecule has 2 aromatic rings. The molecule has 0 aromatic heterocycles. The first-order valence-electron chi connectivity index (χ1n) is 7.96. The number of hydrogen-bond donors (Lipinski definition) is 2. The van der Waals surface area contributed by atoms with Crippen LogP contribution in [0.2, 0.25) is 0 Å². The highest BCUT2D eigenvalue weighted by atomic mass is 16.2. The summed E-state index contributed by atoms with van der Waals surface area (Å²) in [6, 6.07) is 17.7. The van der Waals surface area contributed by atoms with Crippen molar-refractivity contribution in [3.05, 3.63) is 65.7 Å². The third kappa shape index (κ3) is 4.71. The number of unbranched alkanes of at least 4 members (excludes halogenated alkanes) is 1. The fraction of sp³-hybridized carbons (Fsp3) is 0.316.